The average Bonchev–Trinajstić information content (AvgIpc) is 2.61. The van der Waals surface area contributed by atoms with Crippen LogP contribution in [-0.2, 0) is 0 Å². The molecule has 0 fully saturated rings. The van der Waals surface area contributed by atoms with Crippen LogP contribution in [0.4, 0.5) is 0 Å². The Morgan fingerprint density at radius 2 is 2.22 bits per heavy atom. The number of fused-ring (bicyclic) bond motifs is 1. The Morgan fingerprint density at radius 1 is 1.50 bits per heavy atom. The lowest BCUT2D eigenvalue weighted by Crippen LogP contribution is -2.28. The molecule has 0 aliphatic heterocycles. The van der Waals surface area contributed by atoms with E-state index >= 15 is 0 Å². The van der Waals surface area contributed by atoms with E-state index in [0.717, 1.165) is 5.65 Å². The van der Waals surface area contributed by atoms with Gasteiger partial charge in [0.25, 0.3) is 5.91 Å². The molecule has 2 aromatic rings. The van der Waals surface area contributed by atoms with Crippen molar-refractivity contribution in [2.75, 3.05) is 6.54 Å². The summed E-state index contributed by atoms with van der Waals surface area (Å²) in [7, 11) is 0. The van der Waals surface area contributed by atoms with Crippen LogP contribution in [-0.4, -0.2) is 21.8 Å². The zero-order chi connectivity index (χ0) is 13.3. The van der Waals surface area contributed by atoms with Gasteiger partial charge in [-0.1, -0.05) is 25.4 Å². The molecule has 4 nitrogen and oxygen atoms in total. The predicted octanol–water partition coefficient (Wildman–Crippen LogP) is 2.68. The molecule has 0 saturated heterocycles. The number of hydrogen-bond donors (Lipinski definition) is 1. The Bertz CT molecular complexity index is 589. The summed E-state index contributed by atoms with van der Waals surface area (Å²) in [6.07, 6.45) is 1.71. The molecule has 18 heavy (non-hydrogen) atoms. The van der Waals surface area contributed by atoms with Gasteiger partial charge in [-0.25, -0.2) is 4.98 Å². The SMILES string of the molecule is Cc1nc2ccc(Cl)cn2c1C(=O)NCC(C)C. The fourth-order valence-corrected chi connectivity index (χ4v) is 1.95. The normalized spacial score (nSPS) is 11.2. The third-order valence-electron chi connectivity index (χ3n) is 2.64. The van der Waals surface area contributed by atoms with Crippen molar-refractivity contribution in [2.45, 2.75) is 20.8 Å². The number of imidazole rings is 1. The van der Waals surface area contributed by atoms with Gasteiger partial charge in [0.2, 0.25) is 0 Å². The molecule has 5 heteroatoms. The molecule has 0 bridgehead atoms. The smallest absolute Gasteiger partial charge is 0.270 e. The van der Waals surface area contributed by atoms with E-state index in [1.54, 1.807) is 22.7 Å². The minimum atomic E-state index is -0.115. The number of carbonyl (C=O) groups excluding carboxylic acids is 1. The van der Waals surface area contributed by atoms with Crippen molar-refractivity contribution in [1.29, 1.82) is 0 Å². The fourth-order valence-electron chi connectivity index (χ4n) is 1.79. The van der Waals surface area contributed by atoms with E-state index in [1.165, 1.54) is 0 Å². The second kappa shape index (κ2) is 4.98. The minimum absolute atomic E-state index is 0.115. The maximum atomic E-state index is 12.1. The number of halogens is 1. The number of nitrogens with one attached hydrogen (secondary N) is 1. The number of amides is 1. The Balaban J connectivity index is 2.40. The van der Waals surface area contributed by atoms with Crippen LogP contribution in [0.15, 0.2) is 18.3 Å². The van der Waals surface area contributed by atoms with Crippen molar-refractivity contribution in [1.82, 2.24) is 14.7 Å². The van der Waals surface area contributed by atoms with Gasteiger partial charge in [0.1, 0.15) is 11.3 Å². The van der Waals surface area contributed by atoms with Crippen LogP contribution in [0.1, 0.15) is 30.0 Å². The van der Waals surface area contributed by atoms with Gasteiger partial charge in [-0.15, -0.1) is 0 Å². The molecule has 96 valence electrons. The molecule has 1 N–H and O–H groups in total. The third-order valence-corrected chi connectivity index (χ3v) is 2.87. The Kier molecular flexibility index (Phi) is 3.57. The van der Waals surface area contributed by atoms with Crippen molar-refractivity contribution in [2.24, 2.45) is 5.92 Å². The molecule has 0 saturated carbocycles. The lowest BCUT2D eigenvalue weighted by molar-refractivity contribution is 0.0942. The van der Waals surface area contributed by atoms with Gasteiger partial charge < -0.3 is 5.32 Å². The Labute approximate surface area is 111 Å². The molecule has 2 rings (SSSR count). The van der Waals surface area contributed by atoms with Gasteiger partial charge >= 0.3 is 0 Å². The van der Waals surface area contributed by atoms with E-state index < -0.39 is 0 Å². The molecular formula is C13H16ClN3O. The van der Waals surface area contributed by atoms with Crippen molar-refractivity contribution in [3.63, 3.8) is 0 Å². The van der Waals surface area contributed by atoms with Gasteiger partial charge in [0.15, 0.2) is 0 Å². The van der Waals surface area contributed by atoms with Crippen LogP contribution < -0.4 is 5.32 Å². The molecule has 0 aromatic carbocycles. The first-order chi connectivity index (χ1) is 8.49. The second-order valence-electron chi connectivity index (χ2n) is 4.73. The Hall–Kier alpha value is -1.55. The number of nitrogens with zero attached hydrogens (tertiary/aromatic N) is 2. The highest BCUT2D eigenvalue weighted by Gasteiger charge is 2.16. The van der Waals surface area contributed by atoms with Gasteiger partial charge in [-0.3, -0.25) is 9.20 Å². The first-order valence-electron chi connectivity index (χ1n) is 5.91. The van der Waals surface area contributed by atoms with E-state index in [-0.39, 0.29) is 5.91 Å². The topological polar surface area (TPSA) is 46.4 Å². The summed E-state index contributed by atoms with van der Waals surface area (Å²) in [5.41, 5.74) is 1.98. The van der Waals surface area contributed by atoms with E-state index in [1.807, 2.05) is 6.92 Å². The lowest BCUT2D eigenvalue weighted by Gasteiger charge is -2.08. The van der Waals surface area contributed by atoms with Crippen LogP contribution in [0.3, 0.4) is 0 Å². The second-order valence-corrected chi connectivity index (χ2v) is 5.16. The lowest BCUT2D eigenvalue weighted by atomic mass is 10.2. The van der Waals surface area contributed by atoms with Gasteiger partial charge in [0.05, 0.1) is 10.7 Å². The number of pyridine rings is 1. The van der Waals surface area contributed by atoms with Crippen LogP contribution >= 0.6 is 11.6 Å². The minimum Gasteiger partial charge on any atom is -0.350 e. The van der Waals surface area contributed by atoms with Crippen molar-refractivity contribution in [3.8, 4) is 0 Å². The molecule has 1 amide bonds. The zero-order valence-corrected chi connectivity index (χ0v) is 11.5. The highest BCUT2D eigenvalue weighted by Crippen LogP contribution is 2.16. The summed E-state index contributed by atoms with van der Waals surface area (Å²) < 4.78 is 1.73. The maximum absolute atomic E-state index is 12.1. The quantitative estimate of drug-likeness (QED) is 0.927. The largest absolute Gasteiger partial charge is 0.350 e. The first-order valence-corrected chi connectivity index (χ1v) is 6.29. The first kappa shape index (κ1) is 12.9. The van der Waals surface area contributed by atoms with Crippen molar-refractivity contribution >= 4 is 23.2 Å². The van der Waals surface area contributed by atoms with Crippen LogP contribution in [0.2, 0.25) is 5.02 Å². The van der Waals surface area contributed by atoms with E-state index in [4.69, 9.17) is 11.6 Å². The summed E-state index contributed by atoms with van der Waals surface area (Å²) in [5.74, 6) is 0.299. The Morgan fingerprint density at radius 3 is 2.89 bits per heavy atom. The predicted molar refractivity (Wildman–Crippen MR) is 72.1 cm³/mol. The summed E-state index contributed by atoms with van der Waals surface area (Å²) in [6, 6.07) is 3.56. The molecular weight excluding hydrogens is 250 g/mol. The highest BCUT2D eigenvalue weighted by atomic mass is 35.5. The number of rotatable bonds is 3. The summed E-state index contributed by atoms with van der Waals surface area (Å²) in [6.45, 7) is 6.58. The molecule has 0 aliphatic carbocycles. The van der Waals surface area contributed by atoms with E-state index in [2.05, 4.69) is 24.1 Å². The third kappa shape index (κ3) is 2.48. The fraction of sp³-hybridized carbons (Fsp3) is 0.385. The molecule has 0 spiro atoms. The van der Waals surface area contributed by atoms with Gasteiger partial charge in [0, 0.05) is 12.7 Å². The van der Waals surface area contributed by atoms with Crippen LogP contribution in [0.25, 0.3) is 5.65 Å². The molecule has 0 radical (unpaired) electrons. The number of carbonyl (C=O) groups is 1. The van der Waals surface area contributed by atoms with Crippen LogP contribution in [0.5, 0.6) is 0 Å². The number of hydrogen-bond acceptors (Lipinski definition) is 2. The van der Waals surface area contributed by atoms with E-state index in [9.17, 15) is 4.79 Å². The van der Waals surface area contributed by atoms with Crippen LogP contribution in [0, 0.1) is 12.8 Å². The molecule has 0 atom stereocenters. The van der Waals surface area contributed by atoms with Gasteiger partial charge in [-0.05, 0) is 25.0 Å². The highest BCUT2D eigenvalue weighted by molar-refractivity contribution is 6.30. The average molecular weight is 266 g/mol. The molecule has 2 aromatic heterocycles. The molecule has 0 unspecified atom stereocenters. The van der Waals surface area contributed by atoms with Gasteiger partial charge in [-0.2, -0.15) is 0 Å². The monoisotopic (exact) mass is 265 g/mol. The maximum Gasteiger partial charge on any atom is 0.270 e. The zero-order valence-electron chi connectivity index (χ0n) is 10.7. The summed E-state index contributed by atoms with van der Waals surface area (Å²) in [5, 5.41) is 3.48. The number of aromatic nitrogens is 2. The van der Waals surface area contributed by atoms with Crippen molar-refractivity contribution < 1.29 is 4.79 Å². The summed E-state index contributed by atoms with van der Waals surface area (Å²) >= 11 is 5.95. The molecule has 2 heterocycles. The van der Waals surface area contributed by atoms with Crippen molar-refractivity contribution in [3.05, 3.63) is 34.7 Å². The summed E-state index contributed by atoms with van der Waals surface area (Å²) in [4.78, 5) is 16.5. The van der Waals surface area contributed by atoms with E-state index in [0.29, 0.717) is 28.9 Å². The molecule has 0 aliphatic rings. The standard InChI is InChI=1S/C13H16ClN3O/c1-8(2)6-15-13(18)12-9(3)16-11-5-4-10(14)7-17(11)12/h4-5,7-8H,6H2,1-3H3,(H,15,18). The number of aryl methyl sites for hydroxylation is 1.